The minimum atomic E-state index is -0.513. The van der Waals surface area contributed by atoms with Gasteiger partial charge in [0.15, 0.2) is 16.9 Å². The summed E-state index contributed by atoms with van der Waals surface area (Å²) in [5.74, 6) is -0.299. The Labute approximate surface area is 145 Å². The summed E-state index contributed by atoms with van der Waals surface area (Å²) in [7, 11) is 2.89. The van der Waals surface area contributed by atoms with E-state index in [4.69, 9.17) is 23.2 Å². The number of nitrogens with zero attached hydrogens (tertiary/aromatic N) is 4. The largest absolute Gasteiger partial charge is 0.332 e. The number of imidazole rings is 1. The van der Waals surface area contributed by atoms with E-state index in [2.05, 4.69) is 4.98 Å². The predicted octanol–water partition coefficient (Wildman–Crippen LogP) is 1.62. The number of hydrogen-bond acceptors (Lipinski definition) is 4. The van der Waals surface area contributed by atoms with E-state index >= 15 is 0 Å². The number of rotatable bonds is 3. The van der Waals surface area contributed by atoms with Crippen molar-refractivity contribution >= 4 is 40.1 Å². The highest BCUT2D eigenvalue weighted by atomic mass is 35.5. The Bertz CT molecular complexity index is 1090. The normalized spacial score (nSPS) is 11.2. The van der Waals surface area contributed by atoms with Crippen LogP contribution in [0.5, 0.6) is 0 Å². The highest BCUT2D eigenvalue weighted by Crippen LogP contribution is 2.22. The molecule has 3 aromatic rings. The zero-order chi connectivity index (χ0) is 17.6. The predicted molar refractivity (Wildman–Crippen MR) is 91.0 cm³/mol. The van der Waals surface area contributed by atoms with Crippen LogP contribution in [0.1, 0.15) is 10.4 Å². The van der Waals surface area contributed by atoms with Crippen LogP contribution < -0.4 is 11.2 Å². The molecule has 0 bridgehead atoms. The van der Waals surface area contributed by atoms with Gasteiger partial charge in [-0.15, -0.1) is 0 Å². The van der Waals surface area contributed by atoms with Gasteiger partial charge in [0.05, 0.1) is 17.9 Å². The number of carbonyl (C=O) groups is 1. The van der Waals surface area contributed by atoms with Gasteiger partial charge in [-0.3, -0.25) is 18.7 Å². The van der Waals surface area contributed by atoms with E-state index in [9.17, 15) is 14.4 Å². The molecule has 0 aliphatic carbocycles. The fourth-order valence-corrected chi connectivity index (χ4v) is 2.99. The van der Waals surface area contributed by atoms with E-state index in [0.29, 0.717) is 10.6 Å². The van der Waals surface area contributed by atoms with Crippen LogP contribution in [0, 0.1) is 0 Å². The maximum absolute atomic E-state index is 12.5. The summed E-state index contributed by atoms with van der Waals surface area (Å²) in [5, 5.41) is 0.658. The van der Waals surface area contributed by atoms with Gasteiger partial charge >= 0.3 is 5.69 Å². The molecule has 0 radical (unpaired) electrons. The van der Waals surface area contributed by atoms with E-state index in [1.165, 1.54) is 41.7 Å². The summed E-state index contributed by atoms with van der Waals surface area (Å²) in [5.41, 5.74) is -0.300. The lowest BCUT2D eigenvalue weighted by molar-refractivity contribution is 0.0973. The van der Waals surface area contributed by atoms with Crippen LogP contribution in [0.2, 0.25) is 10.0 Å². The van der Waals surface area contributed by atoms with E-state index in [0.717, 1.165) is 4.57 Å². The molecule has 0 unspecified atom stereocenters. The number of Topliss-reactive ketones (excluding diaryl/α,β-unsaturated/α-hetero) is 1. The summed E-state index contributed by atoms with van der Waals surface area (Å²) in [6.07, 6.45) is 1.35. The van der Waals surface area contributed by atoms with E-state index in [1.54, 1.807) is 6.07 Å². The molecular weight excluding hydrogens is 355 g/mol. The molecule has 2 aromatic heterocycles. The zero-order valence-electron chi connectivity index (χ0n) is 12.8. The number of hydrogen-bond donors (Lipinski definition) is 0. The van der Waals surface area contributed by atoms with Crippen LogP contribution in [0.15, 0.2) is 34.1 Å². The van der Waals surface area contributed by atoms with Gasteiger partial charge in [-0.2, -0.15) is 0 Å². The maximum Gasteiger partial charge on any atom is 0.332 e. The summed E-state index contributed by atoms with van der Waals surface area (Å²) >= 11 is 11.9. The fraction of sp³-hybridized carbons (Fsp3) is 0.200. The Kier molecular flexibility index (Phi) is 4.06. The number of halogens is 2. The van der Waals surface area contributed by atoms with Crippen molar-refractivity contribution in [3.05, 3.63) is 61.0 Å². The van der Waals surface area contributed by atoms with Crippen LogP contribution in [0.25, 0.3) is 11.2 Å². The number of benzene rings is 1. The number of carbonyl (C=O) groups excluding carboxylic acids is 1. The van der Waals surface area contributed by atoms with Gasteiger partial charge in [0.2, 0.25) is 0 Å². The molecule has 1 aromatic carbocycles. The van der Waals surface area contributed by atoms with Crippen LogP contribution in [0.4, 0.5) is 0 Å². The fourth-order valence-electron chi connectivity index (χ4n) is 2.47. The molecule has 0 fully saturated rings. The van der Waals surface area contributed by atoms with Crippen molar-refractivity contribution < 1.29 is 4.79 Å². The lowest BCUT2D eigenvalue weighted by atomic mass is 10.1. The standard InChI is InChI=1S/C15H12Cl2N4O3/c1-19-13-12(14(23)20(2)15(19)24)21(7-18-13)6-11(22)9-4-3-8(16)5-10(9)17/h3-5,7H,6H2,1-2H3. The number of ketones is 1. The molecule has 0 saturated carbocycles. The summed E-state index contributed by atoms with van der Waals surface area (Å²) < 4.78 is 3.64. The van der Waals surface area contributed by atoms with Crippen molar-refractivity contribution in [3.63, 3.8) is 0 Å². The highest BCUT2D eigenvalue weighted by molar-refractivity contribution is 6.36. The van der Waals surface area contributed by atoms with Crippen molar-refractivity contribution in [3.8, 4) is 0 Å². The molecular formula is C15H12Cl2N4O3. The zero-order valence-corrected chi connectivity index (χ0v) is 14.3. The third kappa shape index (κ3) is 2.55. The number of aromatic nitrogens is 4. The molecule has 0 aliphatic rings. The molecule has 2 heterocycles. The first-order valence-corrected chi connectivity index (χ1v) is 7.66. The molecule has 3 rings (SSSR count). The molecule has 9 heteroatoms. The quantitative estimate of drug-likeness (QED) is 0.659. The Morgan fingerprint density at radius 3 is 2.54 bits per heavy atom. The third-order valence-electron chi connectivity index (χ3n) is 3.76. The second kappa shape index (κ2) is 5.92. The topological polar surface area (TPSA) is 78.9 Å². The molecule has 0 spiro atoms. The van der Waals surface area contributed by atoms with Gasteiger partial charge in [-0.1, -0.05) is 23.2 Å². The van der Waals surface area contributed by atoms with Crippen LogP contribution in [-0.4, -0.2) is 24.5 Å². The first-order chi connectivity index (χ1) is 11.3. The van der Waals surface area contributed by atoms with Crippen molar-refractivity contribution in [2.45, 2.75) is 6.54 Å². The lowest BCUT2D eigenvalue weighted by Crippen LogP contribution is -2.37. The van der Waals surface area contributed by atoms with Gasteiger partial charge in [-0.05, 0) is 18.2 Å². The van der Waals surface area contributed by atoms with Gasteiger partial charge < -0.3 is 4.57 Å². The molecule has 24 heavy (non-hydrogen) atoms. The van der Waals surface area contributed by atoms with Gasteiger partial charge in [0, 0.05) is 24.7 Å². The highest BCUT2D eigenvalue weighted by Gasteiger charge is 2.17. The minimum Gasteiger partial charge on any atom is -0.317 e. The lowest BCUT2D eigenvalue weighted by Gasteiger charge is -2.07. The first kappa shape index (κ1) is 16.5. The Morgan fingerprint density at radius 2 is 1.88 bits per heavy atom. The molecule has 0 atom stereocenters. The van der Waals surface area contributed by atoms with Crippen LogP contribution in [0.3, 0.4) is 0 Å². The van der Waals surface area contributed by atoms with Crippen molar-refractivity contribution in [1.82, 2.24) is 18.7 Å². The molecule has 0 aliphatic heterocycles. The molecule has 0 saturated heterocycles. The van der Waals surface area contributed by atoms with Crippen molar-refractivity contribution in [2.75, 3.05) is 0 Å². The Balaban J connectivity index is 2.10. The number of fused-ring (bicyclic) bond motifs is 1. The number of aryl methyl sites for hydroxylation is 1. The summed E-state index contributed by atoms with van der Waals surface area (Å²) in [6, 6.07) is 4.57. The average molecular weight is 367 g/mol. The first-order valence-electron chi connectivity index (χ1n) is 6.90. The minimum absolute atomic E-state index is 0.134. The third-order valence-corrected chi connectivity index (χ3v) is 4.31. The Hall–Kier alpha value is -2.38. The van der Waals surface area contributed by atoms with E-state index in [1.807, 2.05) is 0 Å². The second-order valence-corrected chi connectivity index (χ2v) is 6.14. The SMILES string of the molecule is Cn1c(=O)c2c(ncn2CC(=O)c2ccc(Cl)cc2Cl)n(C)c1=O. The van der Waals surface area contributed by atoms with Gasteiger partial charge in [0.1, 0.15) is 0 Å². The molecule has 0 amide bonds. The second-order valence-electron chi connectivity index (χ2n) is 5.30. The molecule has 124 valence electrons. The average Bonchev–Trinajstić information content (AvgIpc) is 2.94. The van der Waals surface area contributed by atoms with E-state index in [-0.39, 0.29) is 28.5 Å². The van der Waals surface area contributed by atoms with Gasteiger partial charge in [0.25, 0.3) is 5.56 Å². The summed E-state index contributed by atoms with van der Waals surface area (Å²) in [4.78, 5) is 40.8. The van der Waals surface area contributed by atoms with Gasteiger partial charge in [-0.25, -0.2) is 9.78 Å². The van der Waals surface area contributed by atoms with E-state index < -0.39 is 11.2 Å². The molecule has 7 nitrogen and oxygen atoms in total. The smallest absolute Gasteiger partial charge is 0.317 e. The Morgan fingerprint density at radius 1 is 1.17 bits per heavy atom. The molecule has 0 N–H and O–H groups in total. The maximum atomic E-state index is 12.5. The van der Waals surface area contributed by atoms with Crippen LogP contribution >= 0.6 is 23.2 Å². The van der Waals surface area contributed by atoms with Crippen molar-refractivity contribution in [1.29, 1.82) is 0 Å². The van der Waals surface area contributed by atoms with Crippen LogP contribution in [-0.2, 0) is 20.6 Å². The monoisotopic (exact) mass is 366 g/mol. The summed E-state index contributed by atoms with van der Waals surface area (Å²) in [6.45, 7) is -0.134. The van der Waals surface area contributed by atoms with Crippen molar-refractivity contribution in [2.24, 2.45) is 14.1 Å².